The molecular formula is C26H21ClF2N6O2S. The average Bonchev–Trinajstić information content (AvgIpc) is 3.42. The van der Waals surface area contributed by atoms with Crippen molar-refractivity contribution in [1.29, 1.82) is 5.26 Å². The summed E-state index contributed by atoms with van der Waals surface area (Å²) in [6.07, 6.45) is 2.03. The molecule has 194 valence electrons. The van der Waals surface area contributed by atoms with Crippen molar-refractivity contribution in [2.24, 2.45) is 0 Å². The summed E-state index contributed by atoms with van der Waals surface area (Å²) in [6.45, 7) is 3.02. The van der Waals surface area contributed by atoms with E-state index in [2.05, 4.69) is 15.3 Å². The van der Waals surface area contributed by atoms with E-state index in [1.807, 2.05) is 11.0 Å². The number of aromatic nitrogens is 2. The van der Waals surface area contributed by atoms with Gasteiger partial charge in [-0.1, -0.05) is 17.7 Å². The highest BCUT2D eigenvalue weighted by Gasteiger charge is 2.35. The van der Waals surface area contributed by atoms with Crippen LogP contribution in [0.2, 0.25) is 5.02 Å². The molecule has 2 unspecified atom stereocenters. The lowest BCUT2D eigenvalue weighted by Gasteiger charge is -2.34. The van der Waals surface area contributed by atoms with Gasteiger partial charge in [0.2, 0.25) is 5.82 Å². The molecule has 2 aromatic carbocycles. The summed E-state index contributed by atoms with van der Waals surface area (Å²) < 4.78 is 36.4. The standard InChI is InChI=1S/C26H21ClF2N6O2S/c1-2-37-26(36)24-33-21-14(25(34-24)35-9-11-3-4-12(10-35)32-11)7-16(27)19(20(21)29)13-5-6-17(28)22-18(13)15(8-30)23(31)38-22/h5-7,11-12,32H,2-4,9-10,31H2,1H3. The lowest BCUT2D eigenvalue weighted by atomic mass is 9.97. The maximum absolute atomic E-state index is 16.5. The van der Waals surface area contributed by atoms with E-state index < -0.39 is 17.6 Å². The quantitative estimate of drug-likeness (QED) is 0.338. The molecule has 0 saturated carbocycles. The first-order chi connectivity index (χ1) is 18.3. The lowest BCUT2D eigenvalue weighted by Crippen LogP contribution is -2.51. The molecule has 12 heteroatoms. The van der Waals surface area contributed by atoms with Crippen molar-refractivity contribution in [2.45, 2.75) is 31.8 Å². The van der Waals surface area contributed by atoms with Gasteiger partial charge < -0.3 is 20.7 Å². The first-order valence-electron chi connectivity index (χ1n) is 12.1. The van der Waals surface area contributed by atoms with Crippen LogP contribution >= 0.6 is 22.9 Å². The van der Waals surface area contributed by atoms with Crippen LogP contribution < -0.4 is 16.0 Å². The van der Waals surface area contributed by atoms with Gasteiger partial charge in [-0.3, -0.25) is 0 Å². The van der Waals surface area contributed by atoms with Crippen molar-refractivity contribution < 1.29 is 18.3 Å². The van der Waals surface area contributed by atoms with Crippen molar-refractivity contribution in [3.63, 3.8) is 0 Å². The highest BCUT2D eigenvalue weighted by atomic mass is 35.5. The summed E-state index contributed by atoms with van der Waals surface area (Å²) in [6, 6.07) is 6.60. The molecule has 2 aliphatic rings. The number of nitrogens with zero attached hydrogens (tertiary/aromatic N) is 4. The van der Waals surface area contributed by atoms with E-state index in [0.29, 0.717) is 24.3 Å². The Hall–Kier alpha value is -3.59. The lowest BCUT2D eigenvalue weighted by molar-refractivity contribution is 0.0512. The number of ether oxygens (including phenoxy) is 1. The number of carbonyl (C=O) groups excluding carboxylic acids is 1. The zero-order chi connectivity index (χ0) is 26.7. The summed E-state index contributed by atoms with van der Waals surface area (Å²) >= 11 is 7.60. The number of fused-ring (bicyclic) bond motifs is 4. The normalized spacial score (nSPS) is 18.8. The van der Waals surface area contributed by atoms with Crippen LogP contribution in [0, 0.1) is 23.0 Å². The van der Waals surface area contributed by atoms with E-state index >= 15 is 4.39 Å². The Morgan fingerprint density at radius 2 is 2.05 bits per heavy atom. The number of halogens is 3. The number of hydrogen-bond donors (Lipinski definition) is 2. The molecule has 6 rings (SSSR count). The first kappa shape index (κ1) is 24.7. The van der Waals surface area contributed by atoms with Gasteiger partial charge in [0, 0.05) is 41.5 Å². The highest BCUT2D eigenvalue weighted by molar-refractivity contribution is 7.23. The van der Waals surface area contributed by atoms with E-state index in [0.717, 1.165) is 24.2 Å². The summed E-state index contributed by atoms with van der Waals surface area (Å²) in [5.74, 6) is -2.05. The molecule has 4 heterocycles. The number of nitrogens with two attached hydrogens (primary N) is 1. The fourth-order valence-corrected chi connectivity index (χ4v) is 6.68. The first-order valence-corrected chi connectivity index (χ1v) is 13.3. The summed E-state index contributed by atoms with van der Waals surface area (Å²) in [7, 11) is 0. The number of piperazine rings is 1. The monoisotopic (exact) mass is 554 g/mol. The van der Waals surface area contributed by atoms with Crippen LogP contribution in [0.4, 0.5) is 19.6 Å². The van der Waals surface area contributed by atoms with E-state index in [1.165, 1.54) is 12.1 Å². The van der Waals surface area contributed by atoms with Crippen LogP contribution in [0.5, 0.6) is 0 Å². The van der Waals surface area contributed by atoms with Gasteiger partial charge in [0.25, 0.3) is 0 Å². The Morgan fingerprint density at radius 3 is 2.74 bits per heavy atom. The highest BCUT2D eigenvalue weighted by Crippen LogP contribution is 2.45. The number of nitrogen functional groups attached to an aromatic ring is 1. The minimum absolute atomic E-state index is 0.0309. The molecule has 2 fully saturated rings. The number of anilines is 2. The van der Waals surface area contributed by atoms with E-state index in [4.69, 9.17) is 22.1 Å². The summed E-state index contributed by atoms with van der Waals surface area (Å²) in [5.41, 5.74) is 6.03. The largest absolute Gasteiger partial charge is 0.460 e. The molecule has 38 heavy (non-hydrogen) atoms. The van der Waals surface area contributed by atoms with Crippen LogP contribution in [0.3, 0.4) is 0 Å². The van der Waals surface area contributed by atoms with Gasteiger partial charge in [0.1, 0.15) is 28.2 Å². The minimum Gasteiger partial charge on any atom is -0.460 e. The van der Waals surface area contributed by atoms with Crippen LogP contribution in [0.15, 0.2) is 18.2 Å². The second-order valence-electron chi connectivity index (χ2n) is 9.33. The number of nitrogens with one attached hydrogen (secondary N) is 1. The maximum Gasteiger partial charge on any atom is 0.376 e. The van der Waals surface area contributed by atoms with Crippen molar-refractivity contribution in [2.75, 3.05) is 30.3 Å². The topological polar surface area (TPSA) is 117 Å². The molecule has 0 spiro atoms. The summed E-state index contributed by atoms with van der Waals surface area (Å²) in [5, 5.41) is 13.9. The number of esters is 1. The number of thiophene rings is 1. The molecule has 2 aromatic heterocycles. The molecule has 0 aliphatic carbocycles. The van der Waals surface area contributed by atoms with Crippen molar-refractivity contribution in [3.8, 4) is 17.2 Å². The SMILES string of the molecule is CCOC(=O)c1nc(N2CC3CCC(C2)N3)c2cc(Cl)c(-c3ccc(F)c4sc(N)c(C#N)c34)c(F)c2n1. The Balaban J connectivity index is 1.63. The minimum atomic E-state index is -0.818. The van der Waals surface area contributed by atoms with Crippen LogP contribution in [0.25, 0.3) is 32.1 Å². The Bertz CT molecular complexity index is 1670. The summed E-state index contributed by atoms with van der Waals surface area (Å²) in [4.78, 5) is 23.4. The Morgan fingerprint density at radius 1 is 1.32 bits per heavy atom. The van der Waals surface area contributed by atoms with Gasteiger partial charge in [-0.05, 0) is 37.5 Å². The third kappa shape index (κ3) is 3.83. The molecular weight excluding hydrogens is 534 g/mol. The second kappa shape index (κ2) is 9.31. The van der Waals surface area contributed by atoms with Crippen molar-refractivity contribution >= 4 is 60.7 Å². The maximum atomic E-state index is 16.5. The molecule has 2 saturated heterocycles. The molecule has 4 aromatic rings. The third-order valence-electron chi connectivity index (χ3n) is 7.04. The van der Waals surface area contributed by atoms with Gasteiger partial charge in [-0.2, -0.15) is 5.26 Å². The Kier molecular flexibility index (Phi) is 6.06. The predicted molar refractivity (Wildman–Crippen MR) is 143 cm³/mol. The van der Waals surface area contributed by atoms with Crippen molar-refractivity contribution in [3.05, 3.63) is 46.2 Å². The van der Waals surface area contributed by atoms with Gasteiger partial charge >= 0.3 is 5.97 Å². The number of hydrogen-bond acceptors (Lipinski definition) is 9. The van der Waals surface area contributed by atoms with Crippen LogP contribution in [-0.2, 0) is 4.74 Å². The average molecular weight is 555 g/mol. The van der Waals surface area contributed by atoms with Gasteiger partial charge in [-0.25, -0.2) is 23.5 Å². The molecule has 3 N–H and O–H groups in total. The molecule has 0 radical (unpaired) electrons. The van der Waals surface area contributed by atoms with Crippen LogP contribution in [-0.4, -0.2) is 47.7 Å². The fraction of sp³-hybridized carbons (Fsp3) is 0.308. The van der Waals surface area contributed by atoms with E-state index in [-0.39, 0.29) is 66.8 Å². The molecule has 0 amide bonds. The second-order valence-corrected chi connectivity index (χ2v) is 10.8. The van der Waals surface area contributed by atoms with Gasteiger partial charge in [0.05, 0.1) is 21.9 Å². The number of rotatable bonds is 4. The zero-order valence-electron chi connectivity index (χ0n) is 20.1. The van der Waals surface area contributed by atoms with E-state index in [9.17, 15) is 14.4 Å². The van der Waals surface area contributed by atoms with Crippen molar-refractivity contribution in [1.82, 2.24) is 15.3 Å². The molecule has 8 nitrogen and oxygen atoms in total. The predicted octanol–water partition coefficient (Wildman–Crippen LogP) is 5.01. The number of carbonyl (C=O) groups is 1. The smallest absolute Gasteiger partial charge is 0.376 e. The Labute approximate surface area is 225 Å². The number of nitriles is 1. The fourth-order valence-electron chi connectivity index (χ4n) is 5.43. The van der Waals surface area contributed by atoms with E-state index in [1.54, 1.807) is 13.0 Å². The van der Waals surface area contributed by atoms with Gasteiger partial charge in [0.15, 0.2) is 5.82 Å². The third-order valence-corrected chi connectivity index (χ3v) is 8.36. The molecule has 2 bridgehead atoms. The molecule has 2 atom stereocenters. The zero-order valence-corrected chi connectivity index (χ0v) is 21.7. The molecule has 2 aliphatic heterocycles. The van der Waals surface area contributed by atoms with Gasteiger partial charge in [-0.15, -0.1) is 11.3 Å². The number of benzene rings is 2. The van der Waals surface area contributed by atoms with Crippen LogP contribution in [0.1, 0.15) is 35.9 Å².